The Morgan fingerprint density at radius 1 is 1.22 bits per heavy atom. The van der Waals surface area contributed by atoms with Gasteiger partial charge in [0, 0.05) is 30.5 Å². The van der Waals surface area contributed by atoms with Crippen LogP contribution in [0, 0.1) is 5.92 Å². The molecular weight excluding hydrogens is 421 g/mol. The minimum Gasteiger partial charge on any atom is -0.381 e. The van der Waals surface area contributed by atoms with Crippen LogP contribution in [0.2, 0.25) is 0 Å². The second kappa shape index (κ2) is 11.0. The van der Waals surface area contributed by atoms with E-state index in [4.69, 9.17) is 9.73 Å². The third kappa shape index (κ3) is 6.98. The van der Waals surface area contributed by atoms with Crippen LogP contribution >= 0.6 is 35.7 Å². The Bertz CT molecular complexity index is 354. The zero-order valence-corrected chi connectivity index (χ0v) is 18.0. The molecule has 2 fully saturated rings. The Kier molecular flexibility index (Phi) is 10.2. The highest BCUT2D eigenvalue weighted by atomic mass is 127. The summed E-state index contributed by atoms with van der Waals surface area (Å²) in [5.74, 6) is 1.89. The summed E-state index contributed by atoms with van der Waals surface area (Å²) in [6.07, 6.45) is 9.65. The predicted octanol–water partition coefficient (Wildman–Crippen LogP) is 3.65. The van der Waals surface area contributed by atoms with E-state index in [0.717, 1.165) is 51.0 Å². The van der Waals surface area contributed by atoms with Crippen LogP contribution in [0.5, 0.6) is 0 Å². The topological polar surface area (TPSA) is 45.7 Å². The van der Waals surface area contributed by atoms with Crippen molar-refractivity contribution in [1.82, 2.24) is 10.6 Å². The lowest BCUT2D eigenvalue weighted by Crippen LogP contribution is -2.46. The molecule has 2 N–H and O–H groups in total. The van der Waals surface area contributed by atoms with Crippen molar-refractivity contribution in [1.29, 1.82) is 0 Å². The molecule has 4 nitrogen and oxygen atoms in total. The summed E-state index contributed by atoms with van der Waals surface area (Å²) in [5, 5.41) is 7.08. The molecule has 1 saturated carbocycles. The van der Waals surface area contributed by atoms with Crippen LogP contribution in [-0.2, 0) is 4.74 Å². The van der Waals surface area contributed by atoms with Gasteiger partial charge in [-0.15, -0.1) is 24.0 Å². The summed E-state index contributed by atoms with van der Waals surface area (Å²) >= 11 is 1.96. The highest BCUT2D eigenvalue weighted by molar-refractivity contribution is 14.0. The molecule has 2 rings (SSSR count). The molecule has 0 unspecified atom stereocenters. The van der Waals surface area contributed by atoms with Crippen molar-refractivity contribution in [2.24, 2.45) is 10.9 Å². The second-order valence-corrected chi connectivity index (χ2v) is 8.07. The molecule has 2 aliphatic rings. The number of nitrogens with one attached hydrogen (secondary N) is 2. The summed E-state index contributed by atoms with van der Waals surface area (Å²) in [5.41, 5.74) is 0. The molecule has 0 atom stereocenters. The van der Waals surface area contributed by atoms with E-state index < -0.39 is 0 Å². The molecule has 136 valence electrons. The van der Waals surface area contributed by atoms with E-state index in [-0.39, 0.29) is 28.7 Å². The highest BCUT2D eigenvalue weighted by Crippen LogP contribution is 2.34. The van der Waals surface area contributed by atoms with E-state index in [1.807, 2.05) is 11.8 Å². The van der Waals surface area contributed by atoms with Gasteiger partial charge in [0.15, 0.2) is 5.96 Å². The molecule has 1 heterocycles. The van der Waals surface area contributed by atoms with Crippen molar-refractivity contribution in [2.75, 3.05) is 32.6 Å². The fraction of sp³-hybridized carbons (Fsp3) is 0.941. The van der Waals surface area contributed by atoms with Crippen molar-refractivity contribution in [2.45, 2.75) is 63.2 Å². The number of nitrogens with zero attached hydrogens (tertiary/aromatic N) is 1. The maximum atomic E-state index is 5.52. The first-order chi connectivity index (χ1) is 10.7. The average molecular weight is 455 g/mol. The number of guanidine groups is 1. The van der Waals surface area contributed by atoms with Gasteiger partial charge in [-0.05, 0) is 57.6 Å². The van der Waals surface area contributed by atoms with Gasteiger partial charge < -0.3 is 15.4 Å². The number of hydrogen-bond donors (Lipinski definition) is 2. The van der Waals surface area contributed by atoms with E-state index in [2.05, 4.69) is 30.7 Å². The monoisotopic (exact) mass is 455 g/mol. The van der Waals surface area contributed by atoms with Crippen LogP contribution in [0.3, 0.4) is 0 Å². The molecule has 0 spiro atoms. The first kappa shape index (κ1) is 21.4. The normalized spacial score (nSPS) is 27.9. The van der Waals surface area contributed by atoms with E-state index >= 15 is 0 Å². The van der Waals surface area contributed by atoms with Gasteiger partial charge in [-0.2, -0.15) is 11.8 Å². The first-order valence-corrected chi connectivity index (χ1v) is 10.1. The molecule has 1 saturated heterocycles. The van der Waals surface area contributed by atoms with Gasteiger partial charge in [0.25, 0.3) is 0 Å². The van der Waals surface area contributed by atoms with Crippen molar-refractivity contribution in [3.63, 3.8) is 0 Å². The predicted molar refractivity (Wildman–Crippen MR) is 112 cm³/mol. The van der Waals surface area contributed by atoms with Gasteiger partial charge in [-0.3, -0.25) is 4.99 Å². The lowest BCUT2D eigenvalue weighted by Gasteiger charge is -2.34. The molecule has 0 aromatic carbocycles. The first-order valence-electron chi connectivity index (χ1n) is 8.85. The highest BCUT2D eigenvalue weighted by Gasteiger charge is 2.31. The average Bonchev–Trinajstić information content (AvgIpc) is 2.56. The lowest BCUT2D eigenvalue weighted by atomic mass is 9.87. The number of aliphatic imine (C=N–C) groups is 1. The van der Waals surface area contributed by atoms with Crippen LogP contribution in [0.4, 0.5) is 0 Å². The minimum atomic E-state index is 0. The summed E-state index contributed by atoms with van der Waals surface area (Å²) < 4.78 is 5.78. The van der Waals surface area contributed by atoms with Crippen LogP contribution in [0.25, 0.3) is 0 Å². The standard InChI is InChI=1S/C17H33N3OS.HI/c1-4-18-16(20-15-7-5-14(2)6-8-15)19-13-17(22-3)9-11-21-12-10-17;/h14-15H,4-13H2,1-3H3,(H2,18,19,20);1H. The zero-order chi connectivity index (χ0) is 15.8. The maximum absolute atomic E-state index is 5.52. The van der Waals surface area contributed by atoms with Crippen molar-refractivity contribution in [3.05, 3.63) is 0 Å². The largest absolute Gasteiger partial charge is 0.381 e. The zero-order valence-electron chi connectivity index (χ0n) is 14.9. The molecule has 0 aromatic rings. The molecule has 0 aromatic heterocycles. The Morgan fingerprint density at radius 3 is 2.43 bits per heavy atom. The number of thioether (sulfide) groups is 1. The molecule has 0 radical (unpaired) electrons. The van der Waals surface area contributed by atoms with E-state index in [0.29, 0.717) is 6.04 Å². The Balaban J connectivity index is 0.00000264. The fourth-order valence-electron chi connectivity index (χ4n) is 3.31. The quantitative estimate of drug-likeness (QED) is 0.378. The summed E-state index contributed by atoms with van der Waals surface area (Å²) in [6, 6.07) is 0.592. The fourth-order valence-corrected chi connectivity index (χ4v) is 4.08. The van der Waals surface area contributed by atoms with Crippen LogP contribution in [-0.4, -0.2) is 49.3 Å². The molecule has 6 heteroatoms. The van der Waals surface area contributed by atoms with Gasteiger partial charge in [-0.25, -0.2) is 0 Å². The van der Waals surface area contributed by atoms with Gasteiger partial charge >= 0.3 is 0 Å². The summed E-state index contributed by atoms with van der Waals surface area (Å²) in [4.78, 5) is 4.91. The summed E-state index contributed by atoms with van der Waals surface area (Å²) in [7, 11) is 0. The Morgan fingerprint density at radius 2 is 1.87 bits per heavy atom. The van der Waals surface area contributed by atoms with Crippen molar-refractivity contribution < 1.29 is 4.74 Å². The SMILES string of the molecule is CCNC(=NCC1(SC)CCOCC1)NC1CCC(C)CC1.I. The smallest absolute Gasteiger partial charge is 0.191 e. The van der Waals surface area contributed by atoms with Gasteiger partial charge in [0.2, 0.25) is 0 Å². The van der Waals surface area contributed by atoms with Gasteiger partial charge in [0.1, 0.15) is 0 Å². The van der Waals surface area contributed by atoms with Crippen molar-refractivity contribution in [3.8, 4) is 0 Å². The van der Waals surface area contributed by atoms with Crippen LogP contribution in [0.15, 0.2) is 4.99 Å². The van der Waals surface area contributed by atoms with E-state index in [9.17, 15) is 0 Å². The summed E-state index contributed by atoms with van der Waals surface area (Å²) in [6.45, 7) is 8.06. The number of rotatable bonds is 5. The van der Waals surface area contributed by atoms with Crippen molar-refractivity contribution >= 4 is 41.7 Å². The van der Waals surface area contributed by atoms with Crippen LogP contribution in [0.1, 0.15) is 52.4 Å². The number of halogens is 1. The molecule has 0 bridgehead atoms. The van der Waals surface area contributed by atoms with Gasteiger partial charge in [0.05, 0.1) is 6.54 Å². The maximum Gasteiger partial charge on any atom is 0.191 e. The minimum absolute atomic E-state index is 0. The molecule has 23 heavy (non-hydrogen) atoms. The Labute approximate surface area is 163 Å². The molecule has 1 aliphatic carbocycles. The third-order valence-electron chi connectivity index (χ3n) is 5.06. The molecule has 1 aliphatic heterocycles. The second-order valence-electron chi connectivity index (χ2n) is 6.80. The number of hydrogen-bond acceptors (Lipinski definition) is 3. The van der Waals surface area contributed by atoms with Crippen LogP contribution < -0.4 is 10.6 Å². The van der Waals surface area contributed by atoms with E-state index in [1.54, 1.807) is 0 Å². The third-order valence-corrected chi connectivity index (χ3v) is 6.47. The van der Waals surface area contributed by atoms with Gasteiger partial charge in [-0.1, -0.05) is 6.92 Å². The van der Waals surface area contributed by atoms with E-state index in [1.165, 1.54) is 25.7 Å². The Hall–Kier alpha value is 0.310. The molecular formula is C17H34IN3OS. The molecule has 0 amide bonds. The lowest BCUT2D eigenvalue weighted by molar-refractivity contribution is 0.0794. The number of ether oxygens (including phenoxy) is 1.